The maximum atomic E-state index is 12.2. The van der Waals surface area contributed by atoms with E-state index in [1.807, 2.05) is 0 Å². The summed E-state index contributed by atoms with van der Waals surface area (Å²) >= 11 is 5.24. The average Bonchev–Trinajstić information content (AvgIpc) is 2.01. The second kappa shape index (κ2) is 5.65. The molecule has 0 saturated heterocycles. The third kappa shape index (κ3) is 3.72. The SMILES string of the molecule is O=[N+]([O-])c1cccc([B-](F)(F)F)c1Cl.[K+]. The van der Waals surface area contributed by atoms with E-state index >= 15 is 0 Å². The van der Waals surface area contributed by atoms with Crippen LogP contribution in [0.25, 0.3) is 0 Å². The topological polar surface area (TPSA) is 43.1 Å². The van der Waals surface area contributed by atoms with Crippen molar-refractivity contribution >= 4 is 29.7 Å². The first kappa shape index (κ1) is 15.4. The molecule has 9 heteroatoms. The van der Waals surface area contributed by atoms with Crippen LogP contribution >= 0.6 is 11.6 Å². The maximum absolute atomic E-state index is 12.2. The molecule has 0 heterocycles. The fourth-order valence-corrected chi connectivity index (χ4v) is 1.25. The molecule has 0 bridgehead atoms. The van der Waals surface area contributed by atoms with Gasteiger partial charge in [-0.1, -0.05) is 29.2 Å². The van der Waals surface area contributed by atoms with Crippen LogP contribution in [0.1, 0.15) is 0 Å². The summed E-state index contributed by atoms with van der Waals surface area (Å²) in [5.74, 6) is 0. The van der Waals surface area contributed by atoms with Crippen LogP contribution in [-0.2, 0) is 0 Å². The Hall–Kier alpha value is 0.401. The first-order valence-electron chi connectivity index (χ1n) is 3.47. The third-order valence-electron chi connectivity index (χ3n) is 1.56. The molecule has 0 N–H and O–H groups in total. The van der Waals surface area contributed by atoms with E-state index in [-0.39, 0.29) is 51.4 Å². The van der Waals surface area contributed by atoms with Crippen molar-refractivity contribution in [3.63, 3.8) is 0 Å². The van der Waals surface area contributed by atoms with Gasteiger partial charge in [0.25, 0.3) is 5.69 Å². The zero-order valence-corrected chi connectivity index (χ0v) is 11.5. The number of nitro groups is 1. The van der Waals surface area contributed by atoms with E-state index in [2.05, 4.69) is 0 Å². The Labute approximate surface area is 131 Å². The summed E-state index contributed by atoms with van der Waals surface area (Å²) in [7, 11) is 0. The van der Waals surface area contributed by atoms with Crippen LogP contribution < -0.4 is 56.8 Å². The summed E-state index contributed by atoms with van der Waals surface area (Å²) in [6.45, 7) is -5.31. The number of benzene rings is 1. The van der Waals surface area contributed by atoms with Gasteiger partial charge in [0.2, 0.25) is 0 Å². The Balaban J connectivity index is 0.00000196. The van der Waals surface area contributed by atoms with Crippen LogP contribution in [0.2, 0.25) is 5.02 Å². The summed E-state index contributed by atoms with van der Waals surface area (Å²) in [5, 5.41) is 9.41. The van der Waals surface area contributed by atoms with Crippen LogP contribution in [0.5, 0.6) is 0 Å². The second-order valence-electron chi connectivity index (χ2n) is 2.51. The molecular weight excluding hydrogens is 260 g/mol. The minimum absolute atomic E-state index is 0. The van der Waals surface area contributed by atoms with Gasteiger partial charge in [0.1, 0.15) is 0 Å². The van der Waals surface area contributed by atoms with E-state index in [4.69, 9.17) is 11.6 Å². The van der Waals surface area contributed by atoms with Gasteiger partial charge in [-0.25, -0.2) is 0 Å². The summed E-state index contributed by atoms with van der Waals surface area (Å²) in [6.07, 6.45) is 0. The monoisotopic (exact) mass is 263 g/mol. The predicted octanol–water partition coefficient (Wildman–Crippen LogP) is -0.693. The fraction of sp³-hybridized carbons (Fsp3) is 0. The van der Waals surface area contributed by atoms with E-state index in [1.165, 1.54) is 0 Å². The van der Waals surface area contributed by atoms with Gasteiger partial charge in [-0.3, -0.25) is 10.1 Å². The molecule has 1 rings (SSSR count). The fourth-order valence-electron chi connectivity index (χ4n) is 0.931. The molecular formula is C6H3BClF3KNO2. The van der Waals surface area contributed by atoms with Gasteiger partial charge in [0.05, 0.1) is 9.95 Å². The molecule has 0 spiro atoms. The van der Waals surface area contributed by atoms with E-state index in [1.54, 1.807) is 0 Å². The molecule has 15 heavy (non-hydrogen) atoms. The van der Waals surface area contributed by atoms with Crippen LogP contribution in [0.15, 0.2) is 18.2 Å². The molecule has 0 unspecified atom stereocenters. The zero-order valence-electron chi connectivity index (χ0n) is 7.58. The van der Waals surface area contributed by atoms with Crippen LogP contribution in [-0.4, -0.2) is 11.9 Å². The van der Waals surface area contributed by atoms with Gasteiger partial charge in [-0.05, 0) is 0 Å². The van der Waals surface area contributed by atoms with E-state index in [0.717, 1.165) is 18.2 Å². The number of hydrogen-bond donors (Lipinski definition) is 0. The van der Waals surface area contributed by atoms with Crippen LogP contribution in [0, 0.1) is 10.1 Å². The van der Waals surface area contributed by atoms with Crippen molar-refractivity contribution in [1.29, 1.82) is 0 Å². The number of hydrogen-bond acceptors (Lipinski definition) is 2. The van der Waals surface area contributed by atoms with Crippen LogP contribution in [0.3, 0.4) is 0 Å². The number of nitrogens with zero attached hydrogens (tertiary/aromatic N) is 1. The molecule has 0 aliphatic carbocycles. The van der Waals surface area contributed by atoms with Crippen molar-refractivity contribution < 1.29 is 69.3 Å². The van der Waals surface area contributed by atoms with E-state index in [9.17, 15) is 23.1 Å². The summed E-state index contributed by atoms with van der Waals surface area (Å²) in [4.78, 5) is 9.31. The molecule has 76 valence electrons. The summed E-state index contributed by atoms with van der Waals surface area (Å²) < 4.78 is 36.7. The normalized spacial score (nSPS) is 10.7. The van der Waals surface area contributed by atoms with Gasteiger partial charge in [-0.2, -0.15) is 0 Å². The predicted molar refractivity (Wildman–Crippen MR) is 46.8 cm³/mol. The average molecular weight is 263 g/mol. The molecule has 0 amide bonds. The first-order valence-corrected chi connectivity index (χ1v) is 3.84. The van der Waals surface area contributed by atoms with Crippen molar-refractivity contribution in [3.8, 4) is 0 Å². The van der Waals surface area contributed by atoms with Gasteiger partial charge in [0, 0.05) is 6.07 Å². The molecule has 0 aliphatic heterocycles. The molecule has 0 atom stereocenters. The van der Waals surface area contributed by atoms with Crippen LogP contribution in [0.4, 0.5) is 18.6 Å². The Bertz CT molecular complexity index is 387. The maximum Gasteiger partial charge on any atom is 1.00 e. The molecule has 0 radical (unpaired) electrons. The van der Waals surface area contributed by atoms with Crippen molar-refractivity contribution in [2.75, 3.05) is 0 Å². The number of halogens is 4. The third-order valence-corrected chi connectivity index (χ3v) is 1.97. The van der Waals surface area contributed by atoms with Gasteiger partial charge >= 0.3 is 58.4 Å². The Morgan fingerprint density at radius 2 is 1.87 bits per heavy atom. The van der Waals surface area contributed by atoms with E-state index in [0.29, 0.717) is 0 Å². The van der Waals surface area contributed by atoms with Crippen molar-refractivity contribution in [2.24, 2.45) is 0 Å². The Morgan fingerprint density at radius 3 is 2.27 bits per heavy atom. The number of rotatable bonds is 2. The molecule has 1 aromatic carbocycles. The molecule has 0 aromatic heterocycles. The van der Waals surface area contributed by atoms with Crippen molar-refractivity contribution in [1.82, 2.24) is 0 Å². The molecule has 0 aliphatic rings. The standard InChI is InChI=1S/C6H3BClF3NO2.K/c8-6-4(7(9,10)11)2-1-3-5(6)12(13)14;/h1-3H;/q-1;+1. The largest absolute Gasteiger partial charge is 1.00 e. The Kier molecular flexibility index (Phi) is 5.80. The minimum atomic E-state index is -5.31. The van der Waals surface area contributed by atoms with Crippen molar-refractivity contribution in [3.05, 3.63) is 33.3 Å². The summed E-state index contributed by atoms with van der Waals surface area (Å²) in [6, 6.07) is 2.59. The molecule has 0 fully saturated rings. The quantitative estimate of drug-likeness (QED) is 0.403. The van der Waals surface area contributed by atoms with Gasteiger partial charge in [-0.15, -0.1) is 0 Å². The van der Waals surface area contributed by atoms with Gasteiger partial charge < -0.3 is 12.9 Å². The molecule has 0 saturated carbocycles. The molecule has 3 nitrogen and oxygen atoms in total. The molecule has 1 aromatic rings. The smallest absolute Gasteiger partial charge is 0.445 e. The van der Waals surface area contributed by atoms with Gasteiger partial charge in [0.15, 0.2) is 0 Å². The van der Waals surface area contributed by atoms with E-state index < -0.39 is 28.1 Å². The zero-order chi connectivity index (χ0) is 10.9. The Morgan fingerprint density at radius 1 is 1.33 bits per heavy atom. The number of nitro benzene ring substituents is 1. The first-order chi connectivity index (χ1) is 6.34. The summed E-state index contributed by atoms with van der Waals surface area (Å²) in [5.41, 5.74) is -1.87. The van der Waals surface area contributed by atoms with Crippen molar-refractivity contribution in [2.45, 2.75) is 0 Å². The second-order valence-corrected chi connectivity index (χ2v) is 2.89. The minimum Gasteiger partial charge on any atom is -0.445 e.